The van der Waals surface area contributed by atoms with Crippen LogP contribution in [0.15, 0.2) is 48.7 Å². The lowest BCUT2D eigenvalue weighted by Gasteiger charge is -2.42. The van der Waals surface area contributed by atoms with Gasteiger partial charge in [0.2, 0.25) is 0 Å². The van der Waals surface area contributed by atoms with E-state index in [1.165, 1.54) is 12.0 Å². The van der Waals surface area contributed by atoms with E-state index in [-0.39, 0.29) is 35.4 Å². The van der Waals surface area contributed by atoms with E-state index in [9.17, 15) is 15.2 Å². The van der Waals surface area contributed by atoms with Gasteiger partial charge < -0.3 is 9.67 Å². The van der Waals surface area contributed by atoms with Gasteiger partial charge in [0.25, 0.3) is 5.69 Å². The van der Waals surface area contributed by atoms with Gasteiger partial charge in [-0.05, 0) is 80.6 Å². The fraction of sp³-hybridized carbons (Fsp3) is 0.481. The standard InChI is InChI=1S/C27H33ClN4O3.2ClH/c28-23-5-3-20(4-6-23)15-31-18-22(26-8-7-25(32(34)35)14-27(26)31)17-29-12-9-24(10-13-29)30-11-1-2-21(16-30)19-33;;/h3-8,14,18,21,24,33H,1-2,9-13,15-17,19H2;2*1H. The van der Waals surface area contributed by atoms with Crippen LogP contribution in [0.4, 0.5) is 5.69 Å². The number of rotatable bonds is 7. The molecule has 0 spiro atoms. The Hall–Kier alpha value is -1.87. The van der Waals surface area contributed by atoms with Gasteiger partial charge in [-0.15, -0.1) is 24.8 Å². The minimum Gasteiger partial charge on any atom is -0.396 e. The number of halogens is 3. The molecule has 2 aromatic carbocycles. The molecular weight excluding hydrogens is 535 g/mol. The normalized spacial score (nSPS) is 19.4. The Bertz CT molecular complexity index is 1180. The smallest absolute Gasteiger partial charge is 0.271 e. The zero-order valence-electron chi connectivity index (χ0n) is 20.8. The molecule has 0 amide bonds. The highest BCUT2D eigenvalue weighted by atomic mass is 35.5. The van der Waals surface area contributed by atoms with Crippen molar-refractivity contribution in [3.05, 3.63) is 74.9 Å². The highest BCUT2D eigenvalue weighted by Crippen LogP contribution is 2.30. The van der Waals surface area contributed by atoms with E-state index in [0.717, 1.165) is 68.5 Å². The molecule has 2 fully saturated rings. The van der Waals surface area contributed by atoms with E-state index < -0.39 is 0 Å². The molecule has 3 heterocycles. The van der Waals surface area contributed by atoms with Crippen molar-refractivity contribution in [2.45, 2.75) is 44.8 Å². The number of hydrogen-bond acceptors (Lipinski definition) is 5. The molecular formula is C27H35Cl3N4O3. The van der Waals surface area contributed by atoms with Crippen molar-refractivity contribution in [3.63, 3.8) is 0 Å². The number of nitro benzene ring substituents is 1. The molecule has 2 aliphatic heterocycles. The van der Waals surface area contributed by atoms with Gasteiger partial charge in [-0.1, -0.05) is 23.7 Å². The molecule has 3 aromatic rings. The summed E-state index contributed by atoms with van der Waals surface area (Å²) in [6, 6.07) is 13.6. The van der Waals surface area contributed by atoms with Gasteiger partial charge in [-0.2, -0.15) is 0 Å². The van der Waals surface area contributed by atoms with Crippen LogP contribution in [0.1, 0.15) is 36.8 Å². The van der Waals surface area contributed by atoms with Crippen LogP contribution < -0.4 is 0 Å². The van der Waals surface area contributed by atoms with Crippen LogP contribution in [0.5, 0.6) is 0 Å². The summed E-state index contributed by atoms with van der Waals surface area (Å²) in [6.45, 7) is 6.04. The Labute approximate surface area is 235 Å². The summed E-state index contributed by atoms with van der Waals surface area (Å²) in [6.07, 6.45) is 6.78. The molecule has 202 valence electrons. The fourth-order valence-corrected chi connectivity index (χ4v) is 5.90. The number of fused-ring (bicyclic) bond motifs is 1. The molecule has 0 saturated carbocycles. The molecule has 5 rings (SSSR count). The number of benzene rings is 2. The van der Waals surface area contributed by atoms with Gasteiger partial charge in [0.15, 0.2) is 0 Å². The summed E-state index contributed by atoms with van der Waals surface area (Å²) in [5, 5.41) is 22.8. The van der Waals surface area contributed by atoms with E-state index in [2.05, 4.69) is 20.6 Å². The molecule has 1 unspecified atom stereocenters. The van der Waals surface area contributed by atoms with Crippen molar-refractivity contribution >= 4 is 53.0 Å². The molecule has 2 aliphatic rings. The molecule has 1 aromatic heterocycles. The summed E-state index contributed by atoms with van der Waals surface area (Å²) < 4.78 is 2.12. The maximum atomic E-state index is 11.4. The van der Waals surface area contributed by atoms with Crippen molar-refractivity contribution in [1.29, 1.82) is 0 Å². The third kappa shape index (κ3) is 6.96. The number of likely N-dealkylation sites (tertiary alicyclic amines) is 2. The van der Waals surface area contributed by atoms with Crippen LogP contribution in [0.25, 0.3) is 10.9 Å². The van der Waals surface area contributed by atoms with Crippen molar-refractivity contribution in [2.24, 2.45) is 5.92 Å². The lowest BCUT2D eigenvalue weighted by Crippen LogP contribution is -2.48. The highest BCUT2D eigenvalue weighted by Gasteiger charge is 2.29. The lowest BCUT2D eigenvalue weighted by molar-refractivity contribution is -0.384. The van der Waals surface area contributed by atoms with Crippen molar-refractivity contribution in [1.82, 2.24) is 14.4 Å². The first-order valence-electron chi connectivity index (χ1n) is 12.6. The maximum absolute atomic E-state index is 11.4. The molecule has 0 radical (unpaired) electrons. The SMILES string of the molecule is Cl.Cl.O=[N+]([O-])c1ccc2c(CN3CCC(N4CCCC(CO)C4)CC3)cn(Cc3ccc(Cl)cc3)c2c1. The second kappa shape index (κ2) is 13.3. The van der Waals surface area contributed by atoms with Gasteiger partial charge in [0.1, 0.15) is 0 Å². The van der Waals surface area contributed by atoms with Crippen molar-refractivity contribution < 1.29 is 10.0 Å². The van der Waals surface area contributed by atoms with Gasteiger partial charge in [-0.25, -0.2) is 0 Å². The maximum Gasteiger partial charge on any atom is 0.271 e. The van der Waals surface area contributed by atoms with E-state index >= 15 is 0 Å². The van der Waals surface area contributed by atoms with E-state index in [1.54, 1.807) is 12.1 Å². The summed E-state index contributed by atoms with van der Waals surface area (Å²) in [7, 11) is 0. The predicted octanol–water partition coefficient (Wildman–Crippen LogP) is 5.76. The number of aromatic nitrogens is 1. The first-order chi connectivity index (χ1) is 17.0. The Balaban J connectivity index is 0.00000190. The quantitative estimate of drug-likeness (QED) is 0.289. The van der Waals surface area contributed by atoms with E-state index in [1.807, 2.05) is 30.3 Å². The van der Waals surface area contributed by atoms with Crippen LogP contribution in [-0.4, -0.2) is 63.2 Å². The number of nitrogens with zero attached hydrogens (tertiary/aromatic N) is 4. The largest absolute Gasteiger partial charge is 0.396 e. The van der Waals surface area contributed by atoms with Crippen LogP contribution in [0, 0.1) is 16.0 Å². The van der Waals surface area contributed by atoms with E-state index in [0.29, 0.717) is 30.1 Å². The number of aliphatic hydroxyl groups excluding tert-OH is 1. The Morgan fingerprint density at radius 3 is 2.41 bits per heavy atom. The third-order valence-electron chi connectivity index (χ3n) is 7.70. The Morgan fingerprint density at radius 1 is 1.00 bits per heavy atom. The van der Waals surface area contributed by atoms with Gasteiger partial charge in [0.05, 0.1) is 10.4 Å². The average molecular weight is 570 g/mol. The van der Waals surface area contributed by atoms with Crippen molar-refractivity contribution in [3.8, 4) is 0 Å². The second-order valence-electron chi connectivity index (χ2n) is 10.1. The van der Waals surface area contributed by atoms with Gasteiger partial charge >= 0.3 is 0 Å². The first kappa shape index (κ1) is 29.7. The van der Waals surface area contributed by atoms with Gasteiger partial charge in [0, 0.05) is 61.0 Å². The molecule has 0 aliphatic carbocycles. The van der Waals surface area contributed by atoms with E-state index in [4.69, 9.17) is 11.6 Å². The first-order valence-corrected chi connectivity index (χ1v) is 13.0. The summed E-state index contributed by atoms with van der Waals surface area (Å²) in [4.78, 5) is 16.2. The minimum absolute atomic E-state index is 0. The number of piperidine rings is 2. The third-order valence-corrected chi connectivity index (χ3v) is 7.95. The number of aliphatic hydroxyl groups is 1. The number of non-ortho nitro benzene ring substituents is 1. The topological polar surface area (TPSA) is 74.8 Å². The second-order valence-corrected chi connectivity index (χ2v) is 10.5. The molecule has 2 saturated heterocycles. The van der Waals surface area contributed by atoms with Crippen LogP contribution in [0.3, 0.4) is 0 Å². The predicted molar refractivity (Wildman–Crippen MR) is 153 cm³/mol. The van der Waals surface area contributed by atoms with Gasteiger partial charge in [-0.3, -0.25) is 19.9 Å². The molecule has 7 nitrogen and oxygen atoms in total. The summed E-state index contributed by atoms with van der Waals surface area (Å²) in [5.41, 5.74) is 3.32. The zero-order valence-corrected chi connectivity index (χ0v) is 23.2. The molecule has 1 atom stereocenters. The molecule has 10 heteroatoms. The van der Waals surface area contributed by atoms with Crippen molar-refractivity contribution in [2.75, 3.05) is 32.8 Å². The lowest BCUT2D eigenvalue weighted by atomic mass is 9.94. The highest BCUT2D eigenvalue weighted by molar-refractivity contribution is 6.30. The fourth-order valence-electron chi connectivity index (χ4n) is 5.77. The Kier molecular flexibility index (Phi) is 10.6. The summed E-state index contributed by atoms with van der Waals surface area (Å²) >= 11 is 6.05. The van der Waals surface area contributed by atoms with Crippen LogP contribution >= 0.6 is 36.4 Å². The number of hydrogen-bond donors (Lipinski definition) is 1. The Morgan fingerprint density at radius 2 is 1.73 bits per heavy atom. The van der Waals surface area contributed by atoms with Crippen LogP contribution in [-0.2, 0) is 13.1 Å². The zero-order chi connectivity index (χ0) is 24.4. The monoisotopic (exact) mass is 568 g/mol. The van der Waals surface area contributed by atoms with Crippen LogP contribution in [0.2, 0.25) is 5.02 Å². The molecule has 1 N–H and O–H groups in total. The average Bonchev–Trinajstić information content (AvgIpc) is 3.22. The number of nitro groups is 1. The molecule has 0 bridgehead atoms. The molecule has 37 heavy (non-hydrogen) atoms. The summed E-state index contributed by atoms with van der Waals surface area (Å²) in [5.74, 6) is 0.428. The minimum atomic E-state index is -0.328.